The number of carbonyl (C=O) groups excluding carboxylic acids is 1. The van der Waals surface area contributed by atoms with Crippen LogP contribution in [-0.4, -0.2) is 23.0 Å². The van der Waals surface area contributed by atoms with Crippen LogP contribution in [0, 0.1) is 0 Å². The molecule has 0 aromatic carbocycles. The first-order chi connectivity index (χ1) is 7.77. The maximum absolute atomic E-state index is 12.2. The molecule has 1 fully saturated rings. The quantitative estimate of drug-likeness (QED) is 0.899. The van der Waals surface area contributed by atoms with Gasteiger partial charge in [0.15, 0.2) is 0 Å². The van der Waals surface area contributed by atoms with Gasteiger partial charge in [0.25, 0.3) is 0 Å². The predicted octanol–water partition coefficient (Wildman–Crippen LogP) is 2.40. The van der Waals surface area contributed by atoms with Crippen molar-refractivity contribution in [2.24, 2.45) is 0 Å². The predicted molar refractivity (Wildman–Crippen MR) is 77.6 cm³/mol. The fourth-order valence-electron chi connectivity index (χ4n) is 2.14. The van der Waals surface area contributed by atoms with Crippen LogP contribution in [0.3, 0.4) is 0 Å². The largest absolute Gasteiger partial charge is 0.309 e. The molecule has 102 valence electrons. The third kappa shape index (κ3) is 3.57. The number of halogens is 2. The van der Waals surface area contributed by atoms with Crippen molar-refractivity contribution in [1.29, 1.82) is 0 Å². The molecule has 0 saturated carbocycles. The van der Waals surface area contributed by atoms with E-state index in [1.807, 2.05) is 19.1 Å². The van der Waals surface area contributed by atoms with Gasteiger partial charge in [0.1, 0.15) is 5.82 Å². The maximum atomic E-state index is 12.2. The van der Waals surface area contributed by atoms with Crippen molar-refractivity contribution in [3.8, 4) is 0 Å². The average molecular weight is 292 g/mol. The Bertz CT molecular complexity index is 367. The zero-order valence-electron chi connectivity index (χ0n) is 10.3. The van der Waals surface area contributed by atoms with E-state index in [1.165, 1.54) is 0 Å². The number of carbonyl (C=O) groups is 1. The molecule has 2 rings (SSSR count). The molecule has 6 heteroatoms. The van der Waals surface area contributed by atoms with E-state index in [9.17, 15) is 4.79 Å². The number of anilines is 1. The summed E-state index contributed by atoms with van der Waals surface area (Å²) in [6.07, 6.45) is 4.45. The highest BCUT2D eigenvalue weighted by molar-refractivity contribution is 5.97. The molecule has 1 amide bonds. The number of nitrogens with one attached hydrogen (secondary N) is 2. The Kier molecular flexibility index (Phi) is 7.21. The van der Waals surface area contributed by atoms with E-state index in [2.05, 4.69) is 15.6 Å². The van der Waals surface area contributed by atoms with Crippen molar-refractivity contribution in [2.75, 3.05) is 11.9 Å². The lowest BCUT2D eigenvalue weighted by atomic mass is 9.93. The number of nitrogens with zero attached hydrogens (tertiary/aromatic N) is 1. The molecule has 18 heavy (non-hydrogen) atoms. The van der Waals surface area contributed by atoms with E-state index >= 15 is 0 Å². The highest BCUT2D eigenvalue weighted by atomic mass is 35.5. The summed E-state index contributed by atoms with van der Waals surface area (Å²) in [4.78, 5) is 16.2. The maximum Gasteiger partial charge on any atom is 0.245 e. The third-order valence-electron chi connectivity index (χ3n) is 3.19. The molecule has 1 saturated heterocycles. The Labute approximate surface area is 120 Å². The van der Waals surface area contributed by atoms with Crippen LogP contribution in [0.1, 0.15) is 26.2 Å². The summed E-state index contributed by atoms with van der Waals surface area (Å²) in [6, 6.07) is 5.50. The smallest absolute Gasteiger partial charge is 0.245 e. The molecule has 2 N–H and O–H groups in total. The number of aromatic nitrogens is 1. The van der Waals surface area contributed by atoms with Crippen LogP contribution in [0.4, 0.5) is 5.82 Å². The first kappa shape index (κ1) is 17.2. The summed E-state index contributed by atoms with van der Waals surface area (Å²) in [5.41, 5.74) is -0.391. The molecule has 4 nitrogen and oxygen atoms in total. The lowest BCUT2D eigenvalue weighted by Crippen LogP contribution is -2.50. The minimum Gasteiger partial charge on any atom is -0.309 e. The number of pyridine rings is 1. The Morgan fingerprint density at radius 2 is 2.28 bits per heavy atom. The fraction of sp³-hybridized carbons (Fsp3) is 0.500. The van der Waals surface area contributed by atoms with Crippen molar-refractivity contribution in [3.63, 3.8) is 0 Å². The summed E-state index contributed by atoms with van der Waals surface area (Å²) in [6.45, 7) is 2.96. The zero-order chi connectivity index (χ0) is 11.4. The molecule has 0 spiro atoms. The summed E-state index contributed by atoms with van der Waals surface area (Å²) >= 11 is 0. The van der Waals surface area contributed by atoms with Crippen LogP contribution < -0.4 is 10.6 Å². The molecule has 1 aliphatic rings. The SMILES string of the molecule is CCC1(C(=O)Nc2ccccn2)CCCN1.Cl.Cl. The monoisotopic (exact) mass is 291 g/mol. The molecule has 0 aliphatic carbocycles. The average Bonchev–Trinajstić information content (AvgIpc) is 2.80. The summed E-state index contributed by atoms with van der Waals surface area (Å²) in [7, 11) is 0. The van der Waals surface area contributed by atoms with Gasteiger partial charge in [0, 0.05) is 6.20 Å². The van der Waals surface area contributed by atoms with E-state index in [0.717, 1.165) is 25.8 Å². The first-order valence-corrected chi connectivity index (χ1v) is 5.74. The third-order valence-corrected chi connectivity index (χ3v) is 3.19. The molecule has 1 aliphatic heterocycles. The number of amides is 1. The zero-order valence-corrected chi connectivity index (χ0v) is 11.9. The second-order valence-electron chi connectivity index (χ2n) is 4.14. The molecular weight excluding hydrogens is 273 g/mol. The van der Waals surface area contributed by atoms with Gasteiger partial charge in [0.05, 0.1) is 5.54 Å². The molecule has 0 radical (unpaired) electrons. The number of hydrogen-bond donors (Lipinski definition) is 2. The summed E-state index contributed by atoms with van der Waals surface area (Å²) in [5, 5.41) is 6.16. The van der Waals surface area contributed by atoms with Gasteiger partial charge >= 0.3 is 0 Å². The van der Waals surface area contributed by atoms with Crippen molar-refractivity contribution in [3.05, 3.63) is 24.4 Å². The molecule has 1 aromatic heterocycles. The molecule has 1 aromatic rings. The van der Waals surface area contributed by atoms with Gasteiger partial charge in [0.2, 0.25) is 5.91 Å². The van der Waals surface area contributed by atoms with E-state index in [0.29, 0.717) is 5.82 Å². The minimum absolute atomic E-state index is 0. The van der Waals surface area contributed by atoms with Crippen molar-refractivity contribution in [1.82, 2.24) is 10.3 Å². The van der Waals surface area contributed by atoms with Gasteiger partial charge in [-0.2, -0.15) is 0 Å². The Morgan fingerprint density at radius 1 is 1.50 bits per heavy atom. The fourth-order valence-corrected chi connectivity index (χ4v) is 2.14. The van der Waals surface area contributed by atoms with Crippen LogP contribution >= 0.6 is 24.8 Å². The second kappa shape index (κ2) is 7.56. The van der Waals surface area contributed by atoms with Crippen LogP contribution in [-0.2, 0) is 4.79 Å². The molecular formula is C12H19Cl2N3O. The first-order valence-electron chi connectivity index (χ1n) is 5.74. The Hall–Kier alpha value is -0.840. The van der Waals surface area contributed by atoms with Gasteiger partial charge in [-0.15, -0.1) is 24.8 Å². The van der Waals surface area contributed by atoms with Crippen LogP contribution in [0.25, 0.3) is 0 Å². The molecule has 2 heterocycles. The molecule has 1 unspecified atom stereocenters. The Morgan fingerprint density at radius 3 is 2.78 bits per heavy atom. The normalized spacial score (nSPS) is 21.6. The van der Waals surface area contributed by atoms with Gasteiger partial charge < -0.3 is 10.6 Å². The van der Waals surface area contributed by atoms with Crippen molar-refractivity contribution in [2.45, 2.75) is 31.7 Å². The highest BCUT2D eigenvalue weighted by Crippen LogP contribution is 2.24. The lowest BCUT2D eigenvalue weighted by molar-refractivity contribution is -0.122. The van der Waals surface area contributed by atoms with Gasteiger partial charge in [-0.3, -0.25) is 4.79 Å². The number of hydrogen-bond acceptors (Lipinski definition) is 3. The topological polar surface area (TPSA) is 54.0 Å². The second-order valence-corrected chi connectivity index (χ2v) is 4.14. The van der Waals surface area contributed by atoms with Crippen LogP contribution in [0.2, 0.25) is 0 Å². The standard InChI is InChI=1S/C12H17N3O.2ClH/c1-2-12(7-5-9-14-12)11(16)15-10-6-3-4-8-13-10;;/h3-4,6,8,14H,2,5,7,9H2,1H3,(H,13,15,16);2*1H. The summed E-state index contributed by atoms with van der Waals surface area (Å²) < 4.78 is 0. The van der Waals surface area contributed by atoms with Crippen molar-refractivity contribution >= 4 is 36.5 Å². The van der Waals surface area contributed by atoms with E-state index in [4.69, 9.17) is 0 Å². The molecule has 1 atom stereocenters. The van der Waals surface area contributed by atoms with Gasteiger partial charge in [-0.25, -0.2) is 4.98 Å². The van der Waals surface area contributed by atoms with Crippen molar-refractivity contribution < 1.29 is 4.79 Å². The lowest BCUT2D eigenvalue weighted by Gasteiger charge is -2.26. The number of rotatable bonds is 3. The highest BCUT2D eigenvalue weighted by Gasteiger charge is 2.39. The van der Waals surface area contributed by atoms with E-state index in [1.54, 1.807) is 12.3 Å². The minimum atomic E-state index is -0.391. The van der Waals surface area contributed by atoms with Gasteiger partial charge in [-0.05, 0) is 37.9 Å². The molecule has 0 bridgehead atoms. The summed E-state index contributed by atoms with van der Waals surface area (Å²) in [5.74, 6) is 0.653. The van der Waals surface area contributed by atoms with Gasteiger partial charge in [-0.1, -0.05) is 13.0 Å². The Balaban J connectivity index is 0.00000144. The van der Waals surface area contributed by atoms with E-state index < -0.39 is 5.54 Å². The van der Waals surface area contributed by atoms with Crippen LogP contribution in [0.15, 0.2) is 24.4 Å². The van der Waals surface area contributed by atoms with Crippen LogP contribution in [0.5, 0.6) is 0 Å². The van der Waals surface area contributed by atoms with E-state index in [-0.39, 0.29) is 30.7 Å².